The lowest BCUT2D eigenvalue weighted by molar-refractivity contribution is -0.139. The van der Waals surface area contributed by atoms with Crippen molar-refractivity contribution in [3.8, 4) is 0 Å². The van der Waals surface area contributed by atoms with E-state index in [0.717, 1.165) is 12.8 Å². The van der Waals surface area contributed by atoms with Gasteiger partial charge in [-0.05, 0) is 19.3 Å². The molecular formula is C13H25NO4. The van der Waals surface area contributed by atoms with Gasteiger partial charge in [0.2, 0.25) is 0 Å². The molecule has 0 aliphatic carbocycles. The Hall–Kier alpha value is -1.10. The monoisotopic (exact) mass is 259 g/mol. The molecule has 0 aromatic rings. The van der Waals surface area contributed by atoms with E-state index in [1.165, 1.54) is 0 Å². The predicted octanol–water partition coefficient (Wildman–Crippen LogP) is 2.25. The largest absolute Gasteiger partial charge is 0.481 e. The topological polar surface area (TPSA) is 86.6 Å². The van der Waals surface area contributed by atoms with Gasteiger partial charge in [0.25, 0.3) is 0 Å². The average molecular weight is 259 g/mol. The maximum Gasteiger partial charge on any atom is 0.305 e. The molecule has 3 N–H and O–H groups in total. The second kappa shape index (κ2) is 8.08. The predicted molar refractivity (Wildman–Crippen MR) is 69.7 cm³/mol. The molecule has 0 fully saturated rings. The molecule has 0 bridgehead atoms. The number of aliphatic carboxylic acids is 2. The molecule has 18 heavy (non-hydrogen) atoms. The van der Waals surface area contributed by atoms with Crippen molar-refractivity contribution in [1.82, 2.24) is 5.32 Å². The maximum absolute atomic E-state index is 11.0. The Labute approximate surface area is 109 Å². The standard InChI is InChI=1S/C13H25NO4/c1-4-7-13(9-12(17)18,14-10(2)3)8-5-6-11(15)16/h10,14H,4-9H2,1-3H3,(H,15,16)(H,17,18). The van der Waals surface area contributed by atoms with Crippen LogP contribution in [0.25, 0.3) is 0 Å². The Kier molecular flexibility index (Phi) is 7.59. The number of carboxylic acids is 2. The number of carboxylic acid groups (broad SMARTS) is 2. The Bertz CT molecular complexity index is 278. The number of carbonyl (C=O) groups is 2. The van der Waals surface area contributed by atoms with Crippen molar-refractivity contribution in [2.45, 2.75) is 70.9 Å². The molecule has 0 saturated heterocycles. The van der Waals surface area contributed by atoms with E-state index in [-0.39, 0.29) is 18.9 Å². The van der Waals surface area contributed by atoms with Gasteiger partial charge in [0, 0.05) is 18.0 Å². The van der Waals surface area contributed by atoms with E-state index in [9.17, 15) is 9.59 Å². The van der Waals surface area contributed by atoms with E-state index >= 15 is 0 Å². The lowest BCUT2D eigenvalue weighted by Crippen LogP contribution is -2.50. The molecule has 5 nitrogen and oxygen atoms in total. The van der Waals surface area contributed by atoms with Gasteiger partial charge in [0.15, 0.2) is 0 Å². The van der Waals surface area contributed by atoms with Crippen LogP contribution in [0.3, 0.4) is 0 Å². The first-order valence-electron chi connectivity index (χ1n) is 6.52. The highest BCUT2D eigenvalue weighted by Gasteiger charge is 2.32. The molecule has 0 heterocycles. The average Bonchev–Trinajstić information content (AvgIpc) is 2.14. The number of hydrogen-bond donors (Lipinski definition) is 3. The van der Waals surface area contributed by atoms with Gasteiger partial charge in [-0.1, -0.05) is 27.2 Å². The summed E-state index contributed by atoms with van der Waals surface area (Å²) in [6.07, 6.45) is 2.83. The van der Waals surface area contributed by atoms with Crippen LogP contribution in [0, 0.1) is 0 Å². The van der Waals surface area contributed by atoms with Crippen LogP contribution in [0.1, 0.15) is 59.3 Å². The third-order valence-electron chi connectivity index (χ3n) is 2.86. The molecule has 0 aliphatic rings. The van der Waals surface area contributed by atoms with E-state index in [4.69, 9.17) is 10.2 Å². The lowest BCUT2D eigenvalue weighted by atomic mass is 9.84. The van der Waals surface area contributed by atoms with Gasteiger partial charge in [-0.25, -0.2) is 0 Å². The molecule has 0 radical (unpaired) electrons. The van der Waals surface area contributed by atoms with E-state index in [1.54, 1.807) is 0 Å². The first kappa shape index (κ1) is 16.9. The summed E-state index contributed by atoms with van der Waals surface area (Å²) in [6, 6.07) is 0.181. The smallest absolute Gasteiger partial charge is 0.305 e. The summed E-state index contributed by atoms with van der Waals surface area (Å²) >= 11 is 0. The van der Waals surface area contributed by atoms with Crippen molar-refractivity contribution in [1.29, 1.82) is 0 Å². The van der Waals surface area contributed by atoms with Crippen molar-refractivity contribution in [2.24, 2.45) is 0 Å². The van der Waals surface area contributed by atoms with Crippen LogP contribution in [-0.2, 0) is 9.59 Å². The van der Waals surface area contributed by atoms with Crippen LogP contribution in [-0.4, -0.2) is 33.7 Å². The minimum Gasteiger partial charge on any atom is -0.481 e. The van der Waals surface area contributed by atoms with Gasteiger partial charge < -0.3 is 15.5 Å². The first-order valence-corrected chi connectivity index (χ1v) is 6.52. The highest BCUT2D eigenvalue weighted by molar-refractivity contribution is 5.68. The SMILES string of the molecule is CCCC(CCCC(=O)O)(CC(=O)O)NC(C)C. The van der Waals surface area contributed by atoms with Crippen LogP contribution in [0.4, 0.5) is 0 Å². The Morgan fingerprint density at radius 3 is 2.17 bits per heavy atom. The van der Waals surface area contributed by atoms with Gasteiger partial charge in [-0.3, -0.25) is 9.59 Å². The molecule has 0 rings (SSSR count). The van der Waals surface area contributed by atoms with E-state index in [2.05, 4.69) is 5.32 Å². The van der Waals surface area contributed by atoms with Crippen molar-refractivity contribution in [2.75, 3.05) is 0 Å². The Morgan fingerprint density at radius 1 is 1.17 bits per heavy atom. The summed E-state index contributed by atoms with van der Waals surface area (Å²) in [5.74, 6) is -1.67. The Balaban J connectivity index is 4.69. The van der Waals surface area contributed by atoms with Crippen LogP contribution < -0.4 is 5.32 Å². The summed E-state index contributed by atoms with van der Waals surface area (Å²) in [4.78, 5) is 21.6. The molecule has 0 aliphatic heterocycles. The molecule has 106 valence electrons. The number of hydrogen-bond acceptors (Lipinski definition) is 3. The van der Waals surface area contributed by atoms with Gasteiger partial charge in [0.1, 0.15) is 0 Å². The zero-order valence-electron chi connectivity index (χ0n) is 11.5. The van der Waals surface area contributed by atoms with Crippen molar-refractivity contribution in [3.05, 3.63) is 0 Å². The maximum atomic E-state index is 11.0. The minimum atomic E-state index is -0.841. The van der Waals surface area contributed by atoms with Crippen LogP contribution in [0.5, 0.6) is 0 Å². The lowest BCUT2D eigenvalue weighted by Gasteiger charge is -2.35. The quantitative estimate of drug-likeness (QED) is 0.560. The first-order chi connectivity index (χ1) is 8.31. The molecule has 0 aromatic carbocycles. The van der Waals surface area contributed by atoms with E-state index < -0.39 is 17.5 Å². The summed E-state index contributed by atoms with van der Waals surface area (Å²) in [6.45, 7) is 5.96. The fourth-order valence-corrected chi connectivity index (χ4v) is 2.46. The van der Waals surface area contributed by atoms with Crippen molar-refractivity contribution >= 4 is 11.9 Å². The van der Waals surface area contributed by atoms with E-state index in [1.807, 2.05) is 20.8 Å². The van der Waals surface area contributed by atoms with Crippen molar-refractivity contribution in [3.63, 3.8) is 0 Å². The highest BCUT2D eigenvalue weighted by atomic mass is 16.4. The van der Waals surface area contributed by atoms with Gasteiger partial charge in [-0.15, -0.1) is 0 Å². The fourth-order valence-electron chi connectivity index (χ4n) is 2.46. The molecule has 0 spiro atoms. The van der Waals surface area contributed by atoms with Crippen LogP contribution in [0.2, 0.25) is 0 Å². The summed E-state index contributed by atoms with van der Waals surface area (Å²) < 4.78 is 0. The van der Waals surface area contributed by atoms with Gasteiger partial charge in [0.05, 0.1) is 6.42 Å². The molecule has 0 amide bonds. The second-order valence-electron chi connectivity index (χ2n) is 5.15. The zero-order chi connectivity index (χ0) is 14.2. The number of nitrogens with one attached hydrogen (secondary N) is 1. The molecule has 0 aromatic heterocycles. The van der Waals surface area contributed by atoms with Crippen LogP contribution >= 0.6 is 0 Å². The van der Waals surface area contributed by atoms with Crippen LogP contribution in [0.15, 0.2) is 0 Å². The molecule has 5 heteroatoms. The van der Waals surface area contributed by atoms with Gasteiger partial charge in [-0.2, -0.15) is 0 Å². The zero-order valence-corrected chi connectivity index (χ0v) is 11.5. The summed E-state index contributed by atoms with van der Waals surface area (Å²) in [7, 11) is 0. The Morgan fingerprint density at radius 2 is 1.78 bits per heavy atom. The molecule has 1 atom stereocenters. The normalized spacial score (nSPS) is 14.4. The number of rotatable bonds is 10. The fraction of sp³-hybridized carbons (Fsp3) is 0.846. The third-order valence-corrected chi connectivity index (χ3v) is 2.86. The highest BCUT2D eigenvalue weighted by Crippen LogP contribution is 2.25. The van der Waals surface area contributed by atoms with Gasteiger partial charge >= 0.3 is 11.9 Å². The molecule has 0 saturated carbocycles. The van der Waals surface area contributed by atoms with E-state index in [0.29, 0.717) is 12.8 Å². The summed E-state index contributed by atoms with van der Waals surface area (Å²) in [5, 5.41) is 21.0. The minimum absolute atomic E-state index is 0.0403. The molecular weight excluding hydrogens is 234 g/mol. The summed E-state index contributed by atoms with van der Waals surface area (Å²) in [5.41, 5.74) is -0.482. The van der Waals surface area contributed by atoms with Crippen molar-refractivity contribution < 1.29 is 19.8 Å². The third kappa shape index (κ3) is 7.27. The second-order valence-corrected chi connectivity index (χ2v) is 5.15. The molecule has 1 unspecified atom stereocenters.